The van der Waals surface area contributed by atoms with E-state index in [0.29, 0.717) is 6.54 Å². The standard InChI is InChI=1S/C12H20N4O2/c1-18-10-7-11(15-8-10)12(17)14-3-2-5-16-6-4-13-9-16/h4,6,9-11,15H,2-3,5,7-8H2,1H3,(H,14,17). The largest absolute Gasteiger partial charge is 0.380 e. The Morgan fingerprint density at radius 1 is 1.67 bits per heavy atom. The lowest BCUT2D eigenvalue weighted by atomic mass is 10.2. The smallest absolute Gasteiger partial charge is 0.237 e. The van der Waals surface area contributed by atoms with E-state index in [1.807, 2.05) is 10.8 Å². The first-order valence-corrected chi connectivity index (χ1v) is 6.29. The van der Waals surface area contributed by atoms with Gasteiger partial charge in [0, 0.05) is 39.1 Å². The number of aromatic nitrogens is 2. The number of methoxy groups -OCH3 is 1. The number of aryl methyl sites for hydroxylation is 1. The summed E-state index contributed by atoms with van der Waals surface area (Å²) >= 11 is 0. The molecule has 1 saturated heterocycles. The van der Waals surface area contributed by atoms with Gasteiger partial charge in [-0.05, 0) is 12.8 Å². The minimum Gasteiger partial charge on any atom is -0.380 e. The molecule has 2 unspecified atom stereocenters. The van der Waals surface area contributed by atoms with Gasteiger partial charge in [-0.1, -0.05) is 0 Å². The summed E-state index contributed by atoms with van der Waals surface area (Å²) in [4.78, 5) is 15.8. The van der Waals surface area contributed by atoms with Gasteiger partial charge >= 0.3 is 0 Å². The minimum atomic E-state index is -0.108. The molecule has 0 radical (unpaired) electrons. The van der Waals surface area contributed by atoms with Gasteiger partial charge in [-0.2, -0.15) is 0 Å². The average molecular weight is 252 g/mol. The molecule has 0 aromatic carbocycles. The number of carbonyl (C=O) groups excluding carboxylic acids is 1. The quantitative estimate of drug-likeness (QED) is 0.686. The maximum Gasteiger partial charge on any atom is 0.237 e. The molecule has 1 aliphatic heterocycles. The van der Waals surface area contributed by atoms with Crippen LogP contribution in [0.25, 0.3) is 0 Å². The number of hydrogen-bond donors (Lipinski definition) is 2. The Balaban J connectivity index is 1.60. The Bertz CT molecular complexity index is 366. The van der Waals surface area contributed by atoms with E-state index in [1.54, 1.807) is 19.6 Å². The van der Waals surface area contributed by atoms with Gasteiger partial charge in [-0.15, -0.1) is 0 Å². The fourth-order valence-electron chi connectivity index (χ4n) is 2.10. The van der Waals surface area contributed by atoms with Crippen LogP contribution in [0.2, 0.25) is 0 Å². The second-order valence-corrected chi connectivity index (χ2v) is 4.50. The van der Waals surface area contributed by atoms with Gasteiger partial charge in [0.25, 0.3) is 0 Å². The van der Waals surface area contributed by atoms with Crippen molar-refractivity contribution >= 4 is 5.91 Å². The van der Waals surface area contributed by atoms with E-state index in [0.717, 1.165) is 25.9 Å². The Morgan fingerprint density at radius 2 is 2.56 bits per heavy atom. The molecule has 0 saturated carbocycles. The van der Waals surface area contributed by atoms with E-state index in [4.69, 9.17) is 4.74 Å². The van der Waals surface area contributed by atoms with Crippen molar-refractivity contribution in [1.82, 2.24) is 20.2 Å². The second-order valence-electron chi connectivity index (χ2n) is 4.50. The maximum atomic E-state index is 11.8. The number of nitrogens with zero attached hydrogens (tertiary/aromatic N) is 2. The van der Waals surface area contributed by atoms with Crippen molar-refractivity contribution in [2.24, 2.45) is 0 Å². The number of rotatable bonds is 6. The van der Waals surface area contributed by atoms with Crippen molar-refractivity contribution in [3.05, 3.63) is 18.7 Å². The molecular formula is C12H20N4O2. The Hall–Kier alpha value is -1.40. The SMILES string of the molecule is COC1CNC(C(=O)NCCCn2ccnc2)C1. The van der Waals surface area contributed by atoms with Crippen molar-refractivity contribution < 1.29 is 9.53 Å². The lowest BCUT2D eigenvalue weighted by Crippen LogP contribution is -2.40. The van der Waals surface area contributed by atoms with E-state index in [9.17, 15) is 4.79 Å². The predicted octanol–water partition coefficient (Wildman–Crippen LogP) is -0.234. The van der Waals surface area contributed by atoms with Crippen LogP contribution in [0.5, 0.6) is 0 Å². The zero-order chi connectivity index (χ0) is 12.8. The number of carbonyl (C=O) groups is 1. The number of amides is 1. The third-order valence-corrected chi connectivity index (χ3v) is 3.19. The zero-order valence-corrected chi connectivity index (χ0v) is 10.6. The molecule has 2 N–H and O–H groups in total. The van der Waals surface area contributed by atoms with Gasteiger partial charge < -0.3 is 19.9 Å². The van der Waals surface area contributed by atoms with Gasteiger partial charge in [-0.25, -0.2) is 4.98 Å². The molecule has 0 bridgehead atoms. The van der Waals surface area contributed by atoms with E-state index >= 15 is 0 Å². The third-order valence-electron chi connectivity index (χ3n) is 3.19. The summed E-state index contributed by atoms with van der Waals surface area (Å²) in [5, 5.41) is 6.10. The average Bonchev–Trinajstić information content (AvgIpc) is 3.05. The number of imidazole rings is 1. The van der Waals surface area contributed by atoms with Crippen LogP contribution in [0.15, 0.2) is 18.7 Å². The molecule has 0 aliphatic carbocycles. The number of hydrogen-bond acceptors (Lipinski definition) is 4. The molecule has 6 heteroatoms. The summed E-state index contributed by atoms with van der Waals surface area (Å²) in [5.74, 6) is 0.0696. The highest BCUT2D eigenvalue weighted by atomic mass is 16.5. The number of ether oxygens (including phenoxy) is 1. The lowest BCUT2D eigenvalue weighted by Gasteiger charge is -2.11. The highest BCUT2D eigenvalue weighted by molar-refractivity contribution is 5.82. The predicted molar refractivity (Wildman–Crippen MR) is 67.1 cm³/mol. The van der Waals surface area contributed by atoms with Crippen LogP contribution < -0.4 is 10.6 Å². The maximum absolute atomic E-state index is 11.8. The van der Waals surface area contributed by atoms with Gasteiger partial charge in [0.2, 0.25) is 5.91 Å². The van der Waals surface area contributed by atoms with Crippen LogP contribution in [0, 0.1) is 0 Å². The summed E-state index contributed by atoms with van der Waals surface area (Å²) < 4.78 is 7.21. The molecule has 100 valence electrons. The fourth-order valence-corrected chi connectivity index (χ4v) is 2.10. The normalized spacial score (nSPS) is 23.2. The molecule has 1 aliphatic rings. The molecular weight excluding hydrogens is 232 g/mol. The molecule has 2 atom stereocenters. The van der Waals surface area contributed by atoms with Gasteiger partial charge in [0.15, 0.2) is 0 Å². The molecule has 2 heterocycles. The van der Waals surface area contributed by atoms with E-state index < -0.39 is 0 Å². The molecule has 1 aromatic heterocycles. The van der Waals surface area contributed by atoms with Crippen molar-refractivity contribution in [2.45, 2.75) is 31.5 Å². The topological polar surface area (TPSA) is 68.2 Å². The second kappa shape index (κ2) is 6.51. The minimum absolute atomic E-state index is 0.0696. The first-order valence-electron chi connectivity index (χ1n) is 6.29. The van der Waals surface area contributed by atoms with Crippen molar-refractivity contribution in [3.63, 3.8) is 0 Å². The summed E-state index contributed by atoms with van der Waals surface area (Å²) in [6.07, 6.45) is 7.28. The zero-order valence-electron chi connectivity index (χ0n) is 10.6. The van der Waals surface area contributed by atoms with E-state index in [2.05, 4.69) is 15.6 Å². The van der Waals surface area contributed by atoms with Gasteiger partial charge in [0.05, 0.1) is 18.5 Å². The molecule has 1 fully saturated rings. The van der Waals surface area contributed by atoms with Crippen molar-refractivity contribution in [3.8, 4) is 0 Å². The van der Waals surface area contributed by atoms with E-state index in [-0.39, 0.29) is 18.1 Å². The molecule has 2 rings (SSSR count). The van der Waals surface area contributed by atoms with Crippen LogP contribution >= 0.6 is 0 Å². The van der Waals surface area contributed by atoms with Crippen LogP contribution in [0.4, 0.5) is 0 Å². The summed E-state index contributed by atoms with van der Waals surface area (Å²) in [6.45, 7) is 2.32. The lowest BCUT2D eigenvalue weighted by molar-refractivity contribution is -0.122. The first-order chi connectivity index (χ1) is 8.79. The van der Waals surface area contributed by atoms with E-state index in [1.165, 1.54) is 0 Å². The monoisotopic (exact) mass is 252 g/mol. The van der Waals surface area contributed by atoms with Crippen LogP contribution in [-0.4, -0.2) is 47.8 Å². The molecule has 6 nitrogen and oxygen atoms in total. The Kier molecular flexibility index (Phi) is 4.72. The van der Waals surface area contributed by atoms with Crippen LogP contribution in [0.3, 0.4) is 0 Å². The molecule has 18 heavy (non-hydrogen) atoms. The fraction of sp³-hybridized carbons (Fsp3) is 0.667. The van der Waals surface area contributed by atoms with Crippen molar-refractivity contribution in [2.75, 3.05) is 20.2 Å². The van der Waals surface area contributed by atoms with Crippen LogP contribution in [-0.2, 0) is 16.1 Å². The highest BCUT2D eigenvalue weighted by Gasteiger charge is 2.28. The highest BCUT2D eigenvalue weighted by Crippen LogP contribution is 2.09. The molecule has 1 amide bonds. The summed E-state index contributed by atoms with van der Waals surface area (Å²) in [6, 6.07) is -0.108. The Morgan fingerprint density at radius 3 is 3.22 bits per heavy atom. The van der Waals surface area contributed by atoms with Crippen molar-refractivity contribution in [1.29, 1.82) is 0 Å². The van der Waals surface area contributed by atoms with Gasteiger partial charge in [-0.3, -0.25) is 4.79 Å². The first kappa shape index (κ1) is 13.0. The number of nitrogens with one attached hydrogen (secondary N) is 2. The third kappa shape index (κ3) is 3.54. The van der Waals surface area contributed by atoms with Crippen LogP contribution in [0.1, 0.15) is 12.8 Å². The summed E-state index contributed by atoms with van der Waals surface area (Å²) in [5.41, 5.74) is 0. The van der Waals surface area contributed by atoms with Gasteiger partial charge in [0.1, 0.15) is 0 Å². The summed E-state index contributed by atoms with van der Waals surface area (Å²) in [7, 11) is 1.68. The molecule has 0 spiro atoms. The Labute approximate surface area is 107 Å². The molecule has 1 aromatic rings.